The third-order valence-corrected chi connectivity index (χ3v) is 4.49. The van der Waals surface area contributed by atoms with Gasteiger partial charge in [0.2, 0.25) is 0 Å². The van der Waals surface area contributed by atoms with E-state index in [9.17, 15) is 4.91 Å². The third-order valence-electron chi connectivity index (χ3n) is 2.14. The van der Waals surface area contributed by atoms with Crippen molar-refractivity contribution in [2.24, 2.45) is 0 Å². The molecule has 0 bridgehead atoms. The summed E-state index contributed by atoms with van der Waals surface area (Å²) in [6.07, 6.45) is 1.99. The summed E-state index contributed by atoms with van der Waals surface area (Å²) in [5.41, 5.74) is 3.00. The van der Waals surface area contributed by atoms with E-state index in [4.69, 9.17) is 0 Å². The molecule has 0 aliphatic carbocycles. The van der Waals surface area contributed by atoms with Crippen molar-refractivity contribution in [1.82, 2.24) is 0 Å². The lowest BCUT2D eigenvalue weighted by molar-refractivity contribution is -0.369. The maximum Gasteiger partial charge on any atom is 0.280 e. The van der Waals surface area contributed by atoms with Gasteiger partial charge in [-0.1, -0.05) is 18.2 Å². The van der Waals surface area contributed by atoms with Crippen molar-refractivity contribution < 1.29 is 5.18 Å². The summed E-state index contributed by atoms with van der Waals surface area (Å²) in [5, 5.41) is 2.05. The SMILES string of the molecule is CSC1=C([NH+]=O)c2ccccc2CS1. The summed E-state index contributed by atoms with van der Waals surface area (Å²) >= 11 is 3.34. The molecule has 0 saturated carbocycles. The highest BCUT2D eigenvalue weighted by molar-refractivity contribution is 8.21. The first-order valence-corrected chi connectivity index (χ1v) is 6.45. The fourth-order valence-electron chi connectivity index (χ4n) is 1.47. The molecule has 1 N–H and O–H groups in total. The molecule has 4 heteroatoms. The van der Waals surface area contributed by atoms with Gasteiger partial charge < -0.3 is 0 Å². The number of nitroso groups, excluding NO2 is 1. The molecule has 1 aromatic carbocycles. The zero-order chi connectivity index (χ0) is 9.97. The van der Waals surface area contributed by atoms with E-state index in [1.54, 1.807) is 23.5 Å². The Labute approximate surface area is 91.1 Å². The van der Waals surface area contributed by atoms with Crippen LogP contribution in [0.15, 0.2) is 28.5 Å². The van der Waals surface area contributed by atoms with Crippen LogP contribution in [-0.4, -0.2) is 6.26 Å². The van der Waals surface area contributed by atoms with Crippen molar-refractivity contribution in [3.63, 3.8) is 0 Å². The molecule has 0 amide bonds. The monoisotopic (exact) mass is 224 g/mol. The Bertz CT molecular complexity index is 401. The van der Waals surface area contributed by atoms with Crippen LogP contribution in [0.5, 0.6) is 0 Å². The fraction of sp³-hybridized carbons (Fsp3) is 0.200. The van der Waals surface area contributed by atoms with Crippen molar-refractivity contribution in [3.05, 3.63) is 44.5 Å². The van der Waals surface area contributed by atoms with Crippen molar-refractivity contribution >= 4 is 29.2 Å². The minimum atomic E-state index is 0.726. The zero-order valence-electron chi connectivity index (χ0n) is 7.74. The molecule has 0 saturated heterocycles. The predicted molar refractivity (Wildman–Crippen MR) is 62.5 cm³/mol. The third kappa shape index (κ3) is 1.60. The Morgan fingerprint density at radius 3 is 2.93 bits per heavy atom. The molecule has 2 rings (SSSR count). The average Bonchev–Trinajstić information content (AvgIpc) is 2.27. The minimum Gasteiger partial charge on any atom is -0.116 e. The first-order chi connectivity index (χ1) is 6.86. The van der Waals surface area contributed by atoms with Crippen LogP contribution >= 0.6 is 23.5 Å². The highest BCUT2D eigenvalue weighted by atomic mass is 32.2. The summed E-state index contributed by atoms with van der Waals surface area (Å²) in [4.78, 5) is 10.9. The highest BCUT2D eigenvalue weighted by Gasteiger charge is 2.24. The quantitative estimate of drug-likeness (QED) is 0.830. The maximum atomic E-state index is 10.9. The van der Waals surface area contributed by atoms with Gasteiger partial charge in [-0.2, -0.15) is 0 Å². The normalized spacial score (nSPS) is 15.2. The van der Waals surface area contributed by atoms with Crippen LogP contribution < -0.4 is 5.18 Å². The van der Waals surface area contributed by atoms with E-state index in [0.717, 1.165) is 21.3 Å². The molecular weight excluding hydrogens is 214 g/mol. The van der Waals surface area contributed by atoms with Gasteiger partial charge in [0.25, 0.3) is 5.70 Å². The maximum absolute atomic E-state index is 10.9. The molecule has 14 heavy (non-hydrogen) atoms. The molecule has 72 valence electrons. The molecule has 1 heterocycles. The topological polar surface area (TPSA) is 31.0 Å². The second-order valence-corrected chi connectivity index (χ2v) is 4.97. The second kappa shape index (κ2) is 4.19. The fourth-order valence-corrected chi connectivity index (χ4v) is 3.31. The highest BCUT2D eigenvalue weighted by Crippen LogP contribution is 2.39. The number of thioether (sulfide) groups is 2. The average molecular weight is 224 g/mol. The van der Waals surface area contributed by atoms with Gasteiger partial charge in [-0.05, 0) is 17.9 Å². The van der Waals surface area contributed by atoms with Crippen LogP contribution in [0.1, 0.15) is 11.1 Å². The number of nitrogens with one attached hydrogen (secondary N) is 1. The second-order valence-electron chi connectivity index (χ2n) is 2.91. The molecule has 0 aromatic heterocycles. The standard InChI is InChI=1S/C10H9NOS2/c1-13-10-9(11-12)8-5-3-2-4-7(8)6-14-10/h2-5H,6H2,1H3/p+1. The number of benzene rings is 1. The van der Waals surface area contributed by atoms with E-state index in [-0.39, 0.29) is 0 Å². The van der Waals surface area contributed by atoms with E-state index < -0.39 is 0 Å². The Morgan fingerprint density at radius 1 is 1.43 bits per heavy atom. The van der Waals surface area contributed by atoms with E-state index >= 15 is 0 Å². The van der Waals surface area contributed by atoms with E-state index in [0.29, 0.717) is 0 Å². The Morgan fingerprint density at radius 2 is 2.21 bits per heavy atom. The summed E-state index contributed by atoms with van der Waals surface area (Å²) in [6, 6.07) is 8.03. The number of hydrogen-bond acceptors (Lipinski definition) is 3. The predicted octanol–water partition coefficient (Wildman–Crippen LogP) is 1.77. The molecule has 2 nitrogen and oxygen atoms in total. The van der Waals surface area contributed by atoms with Gasteiger partial charge in [0.15, 0.2) is 0 Å². The van der Waals surface area contributed by atoms with Crippen molar-refractivity contribution in [3.8, 4) is 0 Å². The first kappa shape index (κ1) is 9.80. The van der Waals surface area contributed by atoms with Gasteiger partial charge >= 0.3 is 0 Å². The van der Waals surface area contributed by atoms with Crippen molar-refractivity contribution in [2.75, 3.05) is 6.26 Å². The van der Waals surface area contributed by atoms with Gasteiger partial charge in [-0.3, -0.25) is 0 Å². The van der Waals surface area contributed by atoms with Crippen molar-refractivity contribution in [2.45, 2.75) is 5.75 Å². The molecule has 0 atom stereocenters. The zero-order valence-corrected chi connectivity index (χ0v) is 9.37. The van der Waals surface area contributed by atoms with Gasteiger partial charge in [-0.25, -0.2) is 0 Å². The molecular formula is C10H10NOS2+. The smallest absolute Gasteiger partial charge is 0.116 e. The molecule has 0 fully saturated rings. The summed E-state index contributed by atoms with van der Waals surface area (Å²) < 4.78 is 1.08. The van der Waals surface area contributed by atoms with E-state index in [1.807, 2.05) is 29.6 Å². The van der Waals surface area contributed by atoms with Crippen LogP contribution in [0.25, 0.3) is 5.70 Å². The molecule has 1 aliphatic heterocycles. The van der Waals surface area contributed by atoms with Crippen LogP contribution in [-0.2, 0) is 5.75 Å². The first-order valence-electron chi connectivity index (χ1n) is 4.24. The lowest BCUT2D eigenvalue weighted by Gasteiger charge is -2.13. The molecule has 0 unspecified atom stereocenters. The Kier molecular flexibility index (Phi) is 2.93. The number of hydrogen-bond donors (Lipinski definition) is 1. The summed E-state index contributed by atoms with van der Waals surface area (Å²) in [6.45, 7) is 0. The molecule has 0 radical (unpaired) electrons. The van der Waals surface area contributed by atoms with E-state index in [2.05, 4.69) is 6.07 Å². The number of fused-ring (bicyclic) bond motifs is 1. The molecule has 0 spiro atoms. The van der Waals surface area contributed by atoms with Gasteiger partial charge in [0, 0.05) is 15.8 Å². The Hall–Kier alpha value is -0.740. The molecule has 1 aromatic rings. The van der Waals surface area contributed by atoms with Gasteiger partial charge in [0.05, 0.1) is 5.56 Å². The lowest BCUT2D eigenvalue weighted by Crippen LogP contribution is -2.61. The van der Waals surface area contributed by atoms with E-state index in [1.165, 1.54) is 5.56 Å². The van der Waals surface area contributed by atoms with Crippen LogP contribution in [0.2, 0.25) is 0 Å². The summed E-state index contributed by atoms with van der Waals surface area (Å²) in [5.74, 6) is 0.956. The summed E-state index contributed by atoms with van der Waals surface area (Å²) in [7, 11) is 0. The Balaban J connectivity index is 2.57. The van der Waals surface area contributed by atoms with Crippen LogP contribution in [0.4, 0.5) is 0 Å². The van der Waals surface area contributed by atoms with Gasteiger partial charge in [-0.15, -0.1) is 23.5 Å². The largest absolute Gasteiger partial charge is 0.280 e. The minimum absolute atomic E-state index is 0.726. The molecule has 1 aliphatic rings. The van der Waals surface area contributed by atoms with Crippen molar-refractivity contribution in [1.29, 1.82) is 0 Å². The van der Waals surface area contributed by atoms with Crippen LogP contribution in [0, 0.1) is 4.91 Å². The number of rotatable bonds is 2. The lowest BCUT2D eigenvalue weighted by atomic mass is 10.1. The van der Waals surface area contributed by atoms with Crippen LogP contribution in [0.3, 0.4) is 0 Å². The van der Waals surface area contributed by atoms with Gasteiger partial charge in [0.1, 0.15) is 4.24 Å².